The van der Waals surface area contributed by atoms with Gasteiger partial charge in [-0.15, -0.1) is 0 Å². The van der Waals surface area contributed by atoms with Crippen LogP contribution in [0.1, 0.15) is 71.8 Å². The molecule has 11 nitrogen and oxygen atoms in total. The number of anilines is 2. The first kappa shape index (κ1) is 32.1. The number of carbonyl (C=O) groups excluding carboxylic acids is 1. The van der Waals surface area contributed by atoms with Crippen molar-refractivity contribution in [2.75, 3.05) is 31.5 Å². The Labute approximate surface area is 273 Å². The average molecular weight is 640 g/mol. The van der Waals surface area contributed by atoms with Gasteiger partial charge in [0.15, 0.2) is 11.4 Å². The van der Waals surface area contributed by atoms with Gasteiger partial charge in [0.05, 0.1) is 38.1 Å². The number of para-hydroxylation sites is 1. The van der Waals surface area contributed by atoms with E-state index in [2.05, 4.69) is 72.3 Å². The maximum absolute atomic E-state index is 13.3. The lowest BCUT2D eigenvalue weighted by atomic mass is 9.86. The summed E-state index contributed by atoms with van der Waals surface area (Å²) in [7, 11) is 2.88. The molecule has 246 valence electrons. The zero-order valence-electron chi connectivity index (χ0n) is 27.8. The van der Waals surface area contributed by atoms with Crippen LogP contribution < -0.4 is 20.1 Å². The van der Waals surface area contributed by atoms with Gasteiger partial charge in [-0.1, -0.05) is 30.3 Å². The van der Waals surface area contributed by atoms with Gasteiger partial charge in [0.1, 0.15) is 5.76 Å². The van der Waals surface area contributed by atoms with Crippen molar-refractivity contribution in [3.05, 3.63) is 94.1 Å². The predicted molar refractivity (Wildman–Crippen MR) is 179 cm³/mol. The molecule has 6 rings (SSSR count). The number of carbonyl (C=O) groups is 1. The maximum Gasteiger partial charge on any atom is 0.291 e. The summed E-state index contributed by atoms with van der Waals surface area (Å²) >= 11 is 0. The number of aromatic nitrogens is 3. The first-order valence-corrected chi connectivity index (χ1v) is 15.6. The Kier molecular flexibility index (Phi) is 8.46. The average Bonchev–Trinajstić information content (AvgIpc) is 3.72. The van der Waals surface area contributed by atoms with Crippen LogP contribution in [0.15, 0.2) is 59.1 Å². The van der Waals surface area contributed by atoms with Gasteiger partial charge in [-0.05, 0) is 87.1 Å². The number of nitrogens with zero attached hydrogens (tertiary/aromatic N) is 2. The van der Waals surface area contributed by atoms with Crippen LogP contribution in [0.3, 0.4) is 0 Å². The van der Waals surface area contributed by atoms with Gasteiger partial charge in [-0.25, -0.2) is 0 Å². The van der Waals surface area contributed by atoms with Gasteiger partial charge in [0, 0.05) is 23.5 Å². The molecule has 3 aromatic heterocycles. The maximum atomic E-state index is 13.3. The summed E-state index contributed by atoms with van der Waals surface area (Å²) in [5.74, 6) is 0.613. The zero-order valence-corrected chi connectivity index (χ0v) is 27.8. The Morgan fingerprint density at radius 2 is 1.66 bits per heavy atom. The Morgan fingerprint density at radius 3 is 2.34 bits per heavy atom. The van der Waals surface area contributed by atoms with Crippen molar-refractivity contribution >= 4 is 28.4 Å². The van der Waals surface area contributed by atoms with Crippen molar-refractivity contribution in [1.29, 1.82) is 0 Å². The molecule has 0 saturated heterocycles. The number of hydrogen-bond acceptors (Lipinski definition) is 9. The minimum atomic E-state index is -0.508. The number of furan rings is 1. The van der Waals surface area contributed by atoms with Gasteiger partial charge < -0.3 is 39.4 Å². The van der Waals surface area contributed by atoms with Crippen LogP contribution >= 0.6 is 0 Å². The molecule has 1 amide bonds. The van der Waals surface area contributed by atoms with Crippen molar-refractivity contribution in [3.8, 4) is 11.8 Å². The molecule has 0 bridgehead atoms. The number of H-pyrrole nitrogens is 1. The van der Waals surface area contributed by atoms with Crippen molar-refractivity contribution in [2.24, 2.45) is 0 Å². The number of aliphatic hydroxyl groups excluding tert-OH is 1. The van der Waals surface area contributed by atoms with E-state index in [9.17, 15) is 9.90 Å². The SMILES string of the molecule is COc1nc(N[C@H](CO)Cc2c[nH]c3ccccc23)nc(OC)c1NC(=O)c1ccc(Cc2cc3c(cc2C)C(C)(C)OC3(C)C)o1. The molecule has 5 aromatic rings. The van der Waals surface area contributed by atoms with E-state index in [0.29, 0.717) is 18.6 Å². The molecular formula is C36H41N5O6. The summed E-state index contributed by atoms with van der Waals surface area (Å²) in [6.07, 6.45) is 2.96. The number of ether oxygens (including phenoxy) is 3. The quantitative estimate of drug-likeness (QED) is 0.132. The third kappa shape index (κ3) is 6.28. The number of aliphatic hydroxyl groups is 1. The van der Waals surface area contributed by atoms with Crippen molar-refractivity contribution < 1.29 is 28.5 Å². The van der Waals surface area contributed by atoms with Crippen LogP contribution in [0.2, 0.25) is 0 Å². The van der Waals surface area contributed by atoms with E-state index < -0.39 is 17.6 Å². The number of hydrogen-bond donors (Lipinski definition) is 4. The van der Waals surface area contributed by atoms with Crippen LogP contribution in [0, 0.1) is 6.92 Å². The minimum Gasteiger partial charge on any atom is -0.479 e. The molecule has 4 heterocycles. The summed E-state index contributed by atoms with van der Waals surface area (Å²) in [5, 5.41) is 17.2. The number of nitrogens with one attached hydrogen (secondary N) is 3. The first-order valence-electron chi connectivity index (χ1n) is 15.6. The summed E-state index contributed by atoms with van der Waals surface area (Å²) < 4.78 is 23.4. The fourth-order valence-electron chi connectivity index (χ4n) is 6.44. The van der Waals surface area contributed by atoms with Gasteiger partial charge in [0.25, 0.3) is 5.91 Å². The second-order valence-corrected chi connectivity index (χ2v) is 12.9. The lowest BCUT2D eigenvalue weighted by molar-refractivity contribution is -0.105. The number of aryl methyl sites for hydroxylation is 1. The van der Waals surface area contributed by atoms with E-state index in [1.807, 2.05) is 30.5 Å². The topological polar surface area (TPSA) is 144 Å². The molecule has 1 aliphatic heterocycles. The van der Waals surface area contributed by atoms with Gasteiger partial charge in [0.2, 0.25) is 17.7 Å². The van der Waals surface area contributed by atoms with E-state index in [4.69, 9.17) is 18.6 Å². The molecule has 4 N–H and O–H groups in total. The predicted octanol–water partition coefficient (Wildman–Crippen LogP) is 6.24. The summed E-state index contributed by atoms with van der Waals surface area (Å²) in [5.41, 5.74) is 6.03. The lowest BCUT2D eigenvalue weighted by Gasteiger charge is -2.24. The molecule has 0 radical (unpaired) electrons. The number of fused-ring (bicyclic) bond motifs is 2. The second-order valence-electron chi connectivity index (χ2n) is 12.9. The molecule has 0 spiro atoms. The monoisotopic (exact) mass is 639 g/mol. The molecule has 1 atom stereocenters. The standard InChI is InChI=1S/C36H41N5O6/c1-20-14-26-27(36(4,5)47-35(26,2)3)17-21(20)16-24-12-13-29(46-24)31(43)39-30-32(44-6)40-34(41-33(30)45-7)38-23(19-42)15-22-18-37-28-11-9-8-10-25(22)28/h8-14,17-18,23,37,42H,15-16,19H2,1-7H3,(H,39,43)(H,38,40,41)/t23-/m0/s1. The number of rotatable bonds is 11. The largest absolute Gasteiger partial charge is 0.479 e. The van der Waals surface area contributed by atoms with Crippen LogP contribution in [0.25, 0.3) is 10.9 Å². The summed E-state index contributed by atoms with van der Waals surface area (Å²) in [6.45, 7) is 10.3. The van der Waals surface area contributed by atoms with Crippen LogP contribution in [-0.2, 0) is 28.8 Å². The van der Waals surface area contributed by atoms with Crippen LogP contribution in [-0.4, -0.2) is 52.8 Å². The first-order chi connectivity index (χ1) is 22.4. The Hall–Kier alpha value is -4.87. The molecule has 0 unspecified atom stereocenters. The molecule has 0 saturated carbocycles. The smallest absolute Gasteiger partial charge is 0.291 e. The lowest BCUT2D eigenvalue weighted by Crippen LogP contribution is -2.27. The number of benzene rings is 2. The highest BCUT2D eigenvalue weighted by atomic mass is 16.5. The van der Waals surface area contributed by atoms with Crippen LogP contribution in [0.4, 0.5) is 11.6 Å². The zero-order chi connectivity index (χ0) is 33.5. The Balaban J connectivity index is 1.18. The molecule has 2 aromatic carbocycles. The molecule has 1 aliphatic rings. The van der Waals surface area contributed by atoms with Crippen LogP contribution in [0.5, 0.6) is 11.8 Å². The van der Waals surface area contributed by atoms with Crippen molar-refractivity contribution in [3.63, 3.8) is 0 Å². The fourth-order valence-corrected chi connectivity index (χ4v) is 6.44. The summed E-state index contributed by atoms with van der Waals surface area (Å²) in [6, 6.07) is 15.4. The molecule has 11 heteroatoms. The van der Waals surface area contributed by atoms with E-state index in [1.165, 1.54) is 19.8 Å². The molecule has 0 fully saturated rings. The van der Waals surface area contributed by atoms with E-state index in [0.717, 1.165) is 33.2 Å². The minimum absolute atomic E-state index is 0.0878. The Morgan fingerprint density at radius 1 is 0.979 bits per heavy atom. The van der Waals surface area contributed by atoms with Crippen molar-refractivity contribution in [2.45, 2.75) is 64.7 Å². The third-order valence-corrected chi connectivity index (χ3v) is 8.70. The third-order valence-electron chi connectivity index (χ3n) is 8.70. The van der Waals surface area contributed by atoms with Gasteiger partial charge >= 0.3 is 0 Å². The summed E-state index contributed by atoms with van der Waals surface area (Å²) in [4.78, 5) is 25.5. The highest BCUT2D eigenvalue weighted by Crippen LogP contribution is 2.47. The van der Waals surface area contributed by atoms with Gasteiger partial charge in [-0.3, -0.25) is 4.79 Å². The molecular weight excluding hydrogens is 598 g/mol. The molecule has 47 heavy (non-hydrogen) atoms. The van der Waals surface area contributed by atoms with E-state index in [-0.39, 0.29) is 41.4 Å². The fraction of sp³-hybridized carbons (Fsp3) is 0.361. The van der Waals surface area contributed by atoms with E-state index >= 15 is 0 Å². The number of methoxy groups -OCH3 is 2. The number of aromatic amines is 1. The second kappa shape index (κ2) is 12.4. The highest BCUT2D eigenvalue weighted by Gasteiger charge is 2.43. The number of amides is 1. The van der Waals surface area contributed by atoms with Gasteiger partial charge in [-0.2, -0.15) is 9.97 Å². The Bertz CT molecular complexity index is 1920. The van der Waals surface area contributed by atoms with Crippen molar-refractivity contribution in [1.82, 2.24) is 15.0 Å². The molecule has 0 aliphatic carbocycles. The highest BCUT2D eigenvalue weighted by molar-refractivity contribution is 6.03. The van der Waals surface area contributed by atoms with E-state index in [1.54, 1.807) is 12.1 Å². The normalized spacial score (nSPS) is 15.3.